The maximum Gasteiger partial charge on any atom is 0.356 e. The van der Waals surface area contributed by atoms with Crippen molar-refractivity contribution in [3.8, 4) is 5.88 Å². The van der Waals surface area contributed by atoms with E-state index in [1.807, 2.05) is 0 Å². The third-order valence-corrected chi connectivity index (χ3v) is 8.19. The van der Waals surface area contributed by atoms with Gasteiger partial charge in [-0.1, -0.05) is 29.3 Å². The number of benzene rings is 1. The van der Waals surface area contributed by atoms with E-state index in [1.165, 1.54) is 24.5 Å². The number of aromatic nitrogens is 2. The molecule has 0 bridgehead atoms. The van der Waals surface area contributed by atoms with Gasteiger partial charge in [-0.3, -0.25) is 9.59 Å². The van der Waals surface area contributed by atoms with Gasteiger partial charge >= 0.3 is 10.1 Å². The van der Waals surface area contributed by atoms with Gasteiger partial charge in [0.25, 0.3) is 5.91 Å². The van der Waals surface area contributed by atoms with Gasteiger partial charge in [0.15, 0.2) is 10.9 Å². The molecule has 2 amide bonds. The Morgan fingerprint density at radius 3 is 2.52 bits per heavy atom. The predicted molar refractivity (Wildman–Crippen MR) is 151 cm³/mol. The third kappa shape index (κ3) is 5.74. The minimum absolute atomic E-state index is 0.0740. The van der Waals surface area contributed by atoms with Gasteiger partial charge in [0.1, 0.15) is 6.04 Å². The molecule has 0 saturated heterocycles. The Kier molecular flexibility index (Phi) is 7.67. The van der Waals surface area contributed by atoms with E-state index in [-0.39, 0.29) is 46.3 Å². The highest BCUT2D eigenvalue weighted by Gasteiger charge is 2.42. The summed E-state index contributed by atoms with van der Waals surface area (Å²) in [6.07, 6.45) is 4.27. The Labute approximate surface area is 240 Å². The quantitative estimate of drug-likeness (QED) is 0.396. The molecule has 2 aromatic heterocycles. The summed E-state index contributed by atoms with van der Waals surface area (Å²) in [5, 5.41) is 8.20. The predicted octanol–water partition coefficient (Wildman–Crippen LogP) is 4.27. The normalized spacial score (nSPS) is 16.9. The standard InChI is InChI=1S/C26H24Cl2N6O5S/c1-15-12-16(27)13-18(26(36)33(2)17-8-9-17)23(15)31-25(35)20-14-22(32-34(20)24-19(28)6-5-11-30-24)40(37,38)39-21-7-3-4-10-29-21/h3-7,10-13,17,20H,8-9,14H2,1-2H3,(H,31,35). The molecular weight excluding hydrogens is 579 g/mol. The van der Waals surface area contributed by atoms with Crippen LogP contribution in [0.3, 0.4) is 0 Å². The number of rotatable bonds is 7. The summed E-state index contributed by atoms with van der Waals surface area (Å²) >= 11 is 12.6. The van der Waals surface area contributed by atoms with Crippen LogP contribution < -0.4 is 14.5 Å². The molecule has 2 aliphatic rings. The van der Waals surface area contributed by atoms with Crippen molar-refractivity contribution in [1.29, 1.82) is 0 Å². The second-order valence-corrected chi connectivity index (χ2v) is 11.7. The Morgan fingerprint density at radius 2 is 1.85 bits per heavy atom. The number of amides is 2. The summed E-state index contributed by atoms with van der Waals surface area (Å²) in [7, 11) is -2.73. The molecular formula is C26H24Cl2N6O5S. The molecule has 3 heterocycles. The second kappa shape index (κ2) is 11.0. The average molecular weight is 603 g/mol. The number of hydrogen-bond acceptors (Lipinski definition) is 9. The highest BCUT2D eigenvalue weighted by atomic mass is 35.5. The van der Waals surface area contributed by atoms with Gasteiger partial charge in [-0.05, 0) is 55.7 Å². The van der Waals surface area contributed by atoms with Gasteiger partial charge < -0.3 is 14.4 Å². The summed E-state index contributed by atoms with van der Waals surface area (Å²) in [4.78, 5) is 36.8. The smallest absolute Gasteiger partial charge is 0.356 e. The Balaban J connectivity index is 1.48. The summed E-state index contributed by atoms with van der Waals surface area (Å²) < 4.78 is 31.3. The van der Waals surface area contributed by atoms with Crippen molar-refractivity contribution in [2.75, 3.05) is 17.4 Å². The van der Waals surface area contributed by atoms with Gasteiger partial charge in [0.05, 0.1) is 16.3 Å². The third-order valence-electron chi connectivity index (χ3n) is 6.46. The Hall–Kier alpha value is -3.74. The molecule has 11 nitrogen and oxygen atoms in total. The largest absolute Gasteiger partial charge is 0.357 e. The van der Waals surface area contributed by atoms with E-state index < -0.39 is 27.1 Å². The number of carbonyl (C=O) groups excluding carboxylic acids is 2. The summed E-state index contributed by atoms with van der Waals surface area (Å²) in [6, 6.07) is 9.76. The van der Waals surface area contributed by atoms with Crippen LogP contribution in [0.15, 0.2) is 60.0 Å². The van der Waals surface area contributed by atoms with Crippen LogP contribution in [0.25, 0.3) is 0 Å². The van der Waals surface area contributed by atoms with Gasteiger partial charge in [-0.25, -0.2) is 15.0 Å². The van der Waals surface area contributed by atoms with Crippen molar-refractivity contribution in [3.63, 3.8) is 0 Å². The van der Waals surface area contributed by atoms with Crippen molar-refractivity contribution in [1.82, 2.24) is 14.9 Å². The molecule has 1 aliphatic carbocycles. The van der Waals surface area contributed by atoms with Gasteiger partial charge in [-0.15, -0.1) is 0 Å². The molecule has 1 saturated carbocycles. The molecule has 1 N–H and O–H groups in total. The minimum atomic E-state index is -4.44. The lowest BCUT2D eigenvalue weighted by Crippen LogP contribution is -2.40. The molecule has 3 aromatic rings. The van der Waals surface area contributed by atoms with Gasteiger partial charge in [0, 0.05) is 43.0 Å². The van der Waals surface area contributed by atoms with Crippen LogP contribution in [0.4, 0.5) is 11.5 Å². The van der Waals surface area contributed by atoms with E-state index >= 15 is 0 Å². The first-order valence-electron chi connectivity index (χ1n) is 12.3. The monoisotopic (exact) mass is 602 g/mol. The fourth-order valence-electron chi connectivity index (χ4n) is 4.24. The molecule has 208 valence electrons. The molecule has 1 unspecified atom stereocenters. The maximum atomic E-state index is 13.8. The number of nitrogens with zero attached hydrogens (tertiary/aromatic N) is 5. The molecule has 14 heteroatoms. The fraction of sp³-hybridized carbons (Fsp3) is 0.269. The van der Waals surface area contributed by atoms with E-state index in [0.29, 0.717) is 10.6 Å². The van der Waals surface area contributed by atoms with E-state index in [4.69, 9.17) is 27.4 Å². The van der Waals surface area contributed by atoms with Crippen LogP contribution in [0.5, 0.6) is 5.88 Å². The van der Waals surface area contributed by atoms with Crippen molar-refractivity contribution >= 4 is 61.7 Å². The summed E-state index contributed by atoms with van der Waals surface area (Å²) in [5.41, 5.74) is 1.04. The van der Waals surface area contributed by atoms with Gasteiger partial charge in [-0.2, -0.15) is 13.5 Å². The van der Waals surface area contributed by atoms with Crippen molar-refractivity contribution < 1.29 is 22.2 Å². The first-order valence-corrected chi connectivity index (χ1v) is 14.4. The number of carbonyl (C=O) groups is 2. The zero-order valence-electron chi connectivity index (χ0n) is 21.4. The van der Waals surface area contributed by atoms with Crippen LogP contribution in [0.1, 0.15) is 35.2 Å². The SMILES string of the molecule is Cc1cc(Cl)cc(C(=O)N(C)C2CC2)c1NC(=O)C1CC(S(=O)(=O)Oc2ccccn2)=NN1c1ncccc1Cl. The lowest BCUT2D eigenvalue weighted by molar-refractivity contribution is -0.117. The molecule has 0 spiro atoms. The fourth-order valence-corrected chi connectivity index (χ4v) is 5.69. The molecule has 0 radical (unpaired) electrons. The number of aryl methyl sites for hydroxylation is 1. The number of pyridine rings is 2. The van der Waals surface area contributed by atoms with Crippen molar-refractivity contribution in [2.45, 2.75) is 38.3 Å². The minimum Gasteiger partial charge on any atom is -0.357 e. The van der Waals surface area contributed by atoms with E-state index in [0.717, 1.165) is 17.9 Å². The van der Waals surface area contributed by atoms with Crippen LogP contribution >= 0.6 is 23.2 Å². The first kappa shape index (κ1) is 27.8. The van der Waals surface area contributed by atoms with Crippen LogP contribution in [-0.4, -0.2) is 59.3 Å². The van der Waals surface area contributed by atoms with Crippen LogP contribution in [0, 0.1) is 6.92 Å². The van der Waals surface area contributed by atoms with E-state index in [9.17, 15) is 18.0 Å². The van der Waals surface area contributed by atoms with Crippen molar-refractivity contribution in [3.05, 3.63) is 76.0 Å². The molecule has 1 aromatic carbocycles. The molecule has 1 atom stereocenters. The topological polar surface area (TPSA) is 134 Å². The number of hydrogen-bond donors (Lipinski definition) is 1. The van der Waals surface area contributed by atoms with Gasteiger partial charge in [0.2, 0.25) is 11.8 Å². The van der Waals surface area contributed by atoms with E-state index in [2.05, 4.69) is 20.4 Å². The molecule has 1 aliphatic heterocycles. The summed E-state index contributed by atoms with van der Waals surface area (Å²) in [5.74, 6) is -1.00. The maximum absolute atomic E-state index is 13.8. The van der Waals surface area contributed by atoms with Crippen LogP contribution in [-0.2, 0) is 14.9 Å². The highest BCUT2D eigenvalue weighted by molar-refractivity contribution is 8.02. The second-order valence-electron chi connectivity index (χ2n) is 9.35. The first-order chi connectivity index (χ1) is 19.0. The number of anilines is 2. The number of halogens is 2. The number of nitrogens with one attached hydrogen (secondary N) is 1. The van der Waals surface area contributed by atoms with E-state index in [1.54, 1.807) is 49.2 Å². The molecule has 5 rings (SSSR count). The zero-order valence-corrected chi connectivity index (χ0v) is 23.7. The Bertz CT molecular complexity index is 1620. The highest BCUT2D eigenvalue weighted by Crippen LogP contribution is 2.34. The lowest BCUT2D eigenvalue weighted by atomic mass is 10.1. The zero-order chi connectivity index (χ0) is 28.6. The lowest BCUT2D eigenvalue weighted by Gasteiger charge is -2.24. The Morgan fingerprint density at radius 1 is 1.10 bits per heavy atom. The van der Waals surface area contributed by atoms with Crippen molar-refractivity contribution in [2.24, 2.45) is 5.10 Å². The van der Waals surface area contributed by atoms with Crippen LogP contribution in [0.2, 0.25) is 10.0 Å². The molecule has 40 heavy (non-hydrogen) atoms. The molecule has 1 fully saturated rings. The number of hydrazone groups is 1. The summed E-state index contributed by atoms with van der Waals surface area (Å²) in [6.45, 7) is 1.71. The average Bonchev–Trinajstić information content (AvgIpc) is 3.67.